The Morgan fingerprint density at radius 3 is 2.22 bits per heavy atom. The van der Waals surface area contributed by atoms with Crippen molar-refractivity contribution in [3.63, 3.8) is 0 Å². The van der Waals surface area contributed by atoms with Crippen LogP contribution in [0.3, 0.4) is 0 Å². The van der Waals surface area contributed by atoms with Crippen molar-refractivity contribution < 1.29 is 9.22 Å². The summed E-state index contributed by atoms with van der Waals surface area (Å²) in [4.78, 5) is 15.3. The van der Waals surface area contributed by atoms with Crippen LogP contribution in [-0.2, 0) is 5.41 Å². The van der Waals surface area contributed by atoms with Crippen LogP contribution in [0.15, 0.2) is 36.5 Å². The quantitative estimate of drug-likeness (QED) is 0.415. The number of nitrogens with zero attached hydrogens (tertiary/aromatic N) is 1. The zero-order chi connectivity index (χ0) is 20.5. The average Bonchev–Trinajstić information content (AvgIpc) is 2.61. The van der Waals surface area contributed by atoms with E-state index in [1.807, 2.05) is 6.07 Å². The van der Waals surface area contributed by atoms with Gasteiger partial charge in [0.25, 0.3) is 0 Å². The molecule has 0 aliphatic rings. The van der Waals surface area contributed by atoms with Gasteiger partial charge in [-0.3, -0.25) is 9.78 Å². The first-order valence-corrected chi connectivity index (χ1v) is 12.6. The monoisotopic (exact) mass is 383 g/mol. The largest absolute Gasteiger partial charge is 0.543 e. The third-order valence-corrected chi connectivity index (χ3v) is 10.3. The fourth-order valence-electron chi connectivity index (χ4n) is 2.57. The third kappa shape index (κ3) is 4.67. The van der Waals surface area contributed by atoms with Gasteiger partial charge in [0.05, 0.1) is 5.69 Å². The minimum atomic E-state index is -1.93. The first-order valence-electron chi connectivity index (χ1n) is 9.66. The predicted molar refractivity (Wildman–Crippen MR) is 116 cm³/mol. The second kappa shape index (κ2) is 7.59. The van der Waals surface area contributed by atoms with Gasteiger partial charge in [-0.1, -0.05) is 41.5 Å². The Bertz CT molecular complexity index is 802. The van der Waals surface area contributed by atoms with E-state index >= 15 is 0 Å². The molecule has 0 aliphatic carbocycles. The van der Waals surface area contributed by atoms with Gasteiger partial charge in [0.1, 0.15) is 5.75 Å². The lowest BCUT2D eigenvalue weighted by atomic mass is 9.81. The summed E-state index contributed by atoms with van der Waals surface area (Å²) in [5, 5.41) is 0.144. The number of benzene rings is 1. The molecule has 1 aromatic carbocycles. The second-order valence-corrected chi connectivity index (χ2v) is 14.1. The van der Waals surface area contributed by atoms with Crippen molar-refractivity contribution >= 4 is 14.6 Å². The minimum absolute atomic E-state index is 0.00353. The zero-order valence-corrected chi connectivity index (χ0v) is 19.0. The van der Waals surface area contributed by atoms with Crippen LogP contribution in [0.4, 0.5) is 0 Å². The maximum Gasteiger partial charge on any atom is 0.250 e. The molecule has 2 aromatic rings. The molecule has 0 atom stereocenters. The molecule has 27 heavy (non-hydrogen) atoms. The molecule has 0 radical (unpaired) electrons. The molecule has 0 unspecified atom stereocenters. The molecule has 0 spiro atoms. The zero-order valence-electron chi connectivity index (χ0n) is 18.0. The van der Waals surface area contributed by atoms with Crippen molar-refractivity contribution in [3.8, 4) is 17.0 Å². The number of aromatic nitrogens is 1. The number of hydrogen-bond donors (Lipinski definition) is 0. The van der Waals surface area contributed by atoms with Gasteiger partial charge in [-0.05, 0) is 65.9 Å². The van der Waals surface area contributed by atoms with E-state index in [0.717, 1.165) is 29.7 Å². The predicted octanol–water partition coefficient (Wildman–Crippen LogP) is 6.63. The van der Waals surface area contributed by atoms with Crippen LogP contribution >= 0.6 is 0 Å². The highest BCUT2D eigenvalue weighted by atomic mass is 28.4. The summed E-state index contributed by atoms with van der Waals surface area (Å²) in [7, 11) is -1.93. The van der Waals surface area contributed by atoms with Crippen molar-refractivity contribution in [2.75, 3.05) is 0 Å². The number of rotatable bonds is 6. The molecular weight excluding hydrogens is 350 g/mol. The molecule has 2 rings (SSSR count). The second-order valence-electron chi connectivity index (χ2n) is 9.41. The molecule has 0 bridgehead atoms. The summed E-state index contributed by atoms with van der Waals surface area (Å²) < 4.78 is 6.69. The van der Waals surface area contributed by atoms with Crippen molar-refractivity contribution in [3.05, 3.63) is 47.7 Å². The Kier molecular flexibility index (Phi) is 6.00. The highest BCUT2D eigenvalue weighted by Gasteiger charge is 2.40. The first-order chi connectivity index (χ1) is 12.4. The molecule has 4 heteroatoms. The van der Waals surface area contributed by atoms with Gasteiger partial charge in [-0.25, -0.2) is 0 Å². The van der Waals surface area contributed by atoms with Crippen LogP contribution in [-0.4, -0.2) is 19.6 Å². The number of pyridine rings is 1. The SMILES string of the molecule is CCC(C)(C)c1cc(-c2ccc(C=O)cn2)ccc1O[Si](C)(C)C(C)(C)C. The Morgan fingerprint density at radius 2 is 1.74 bits per heavy atom. The van der Waals surface area contributed by atoms with Crippen molar-refractivity contribution in [1.82, 2.24) is 4.98 Å². The van der Waals surface area contributed by atoms with E-state index in [1.54, 1.807) is 12.3 Å². The third-order valence-electron chi connectivity index (χ3n) is 5.98. The average molecular weight is 384 g/mol. The molecule has 1 heterocycles. The maximum atomic E-state index is 10.9. The fourth-order valence-corrected chi connectivity index (χ4v) is 3.61. The van der Waals surface area contributed by atoms with E-state index in [4.69, 9.17) is 4.43 Å². The van der Waals surface area contributed by atoms with E-state index in [2.05, 4.69) is 77.8 Å². The molecule has 0 saturated carbocycles. The molecule has 0 aliphatic heterocycles. The van der Waals surface area contributed by atoms with Gasteiger partial charge in [0, 0.05) is 17.3 Å². The summed E-state index contributed by atoms with van der Waals surface area (Å²) in [5.74, 6) is 0.988. The molecule has 0 amide bonds. The smallest absolute Gasteiger partial charge is 0.250 e. The molecule has 0 N–H and O–H groups in total. The summed E-state index contributed by atoms with van der Waals surface area (Å²) in [6.45, 7) is 18.1. The van der Waals surface area contributed by atoms with Gasteiger partial charge in [-0.2, -0.15) is 0 Å². The minimum Gasteiger partial charge on any atom is -0.543 e. The van der Waals surface area contributed by atoms with E-state index < -0.39 is 8.32 Å². The normalized spacial score (nSPS) is 12.7. The Morgan fingerprint density at radius 1 is 1.07 bits per heavy atom. The van der Waals surface area contributed by atoms with Gasteiger partial charge in [-0.15, -0.1) is 0 Å². The lowest BCUT2D eigenvalue weighted by Gasteiger charge is -2.38. The molecular formula is C23H33NO2Si. The van der Waals surface area contributed by atoms with Gasteiger partial charge in [0.15, 0.2) is 6.29 Å². The van der Waals surface area contributed by atoms with E-state index in [-0.39, 0.29) is 10.5 Å². The van der Waals surface area contributed by atoms with Crippen molar-refractivity contribution in [2.24, 2.45) is 0 Å². The first kappa shape index (κ1) is 21.4. The van der Waals surface area contributed by atoms with Gasteiger partial charge in [0.2, 0.25) is 8.32 Å². The highest BCUT2D eigenvalue weighted by molar-refractivity contribution is 6.74. The van der Waals surface area contributed by atoms with Crippen LogP contribution in [0.2, 0.25) is 18.1 Å². The summed E-state index contributed by atoms with van der Waals surface area (Å²) in [6, 6.07) is 10.1. The summed E-state index contributed by atoms with van der Waals surface area (Å²) in [6.07, 6.45) is 3.45. The molecule has 0 fully saturated rings. The number of carbonyl (C=O) groups excluding carboxylic acids is 1. The Labute approximate surface area is 165 Å². The lowest BCUT2D eigenvalue weighted by molar-refractivity contribution is 0.112. The van der Waals surface area contributed by atoms with Crippen LogP contribution < -0.4 is 4.43 Å². The molecule has 0 saturated heterocycles. The molecule has 1 aromatic heterocycles. The molecule has 146 valence electrons. The van der Waals surface area contributed by atoms with Crippen LogP contribution in [0, 0.1) is 0 Å². The maximum absolute atomic E-state index is 10.9. The van der Waals surface area contributed by atoms with Crippen molar-refractivity contribution in [1.29, 1.82) is 0 Å². The topological polar surface area (TPSA) is 39.2 Å². The summed E-state index contributed by atoms with van der Waals surface area (Å²) >= 11 is 0. The van der Waals surface area contributed by atoms with E-state index in [1.165, 1.54) is 5.56 Å². The van der Waals surface area contributed by atoms with Gasteiger partial charge >= 0.3 is 0 Å². The fraction of sp³-hybridized carbons (Fsp3) is 0.478. The molecule has 3 nitrogen and oxygen atoms in total. The summed E-state index contributed by atoms with van der Waals surface area (Å²) in [5.41, 5.74) is 3.72. The van der Waals surface area contributed by atoms with Crippen LogP contribution in [0.25, 0.3) is 11.3 Å². The van der Waals surface area contributed by atoms with Crippen LogP contribution in [0.1, 0.15) is 63.9 Å². The number of hydrogen-bond acceptors (Lipinski definition) is 3. The Balaban J connectivity index is 2.54. The van der Waals surface area contributed by atoms with Gasteiger partial charge < -0.3 is 4.43 Å². The van der Waals surface area contributed by atoms with Crippen molar-refractivity contribution in [2.45, 2.75) is 71.5 Å². The number of carbonyl (C=O) groups is 1. The standard InChI is InChI=1S/C23H33NO2Si/c1-9-23(5,6)19-14-18(20-12-10-17(16-25)15-24-20)11-13-21(19)26-27(7,8)22(2,3)4/h10-16H,9H2,1-8H3. The highest BCUT2D eigenvalue weighted by Crippen LogP contribution is 2.42. The van der Waals surface area contributed by atoms with E-state index in [0.29, 0.717) is 5.56 Å². The lowest BCUT2D eigenvalue weighted by Crippen LogP contribution is -2.44. The van der Waals surface area contributed by atoms with Crippen LogP contribution in [0.5, 0.6) is 5.75 Å². The number of aldehydes is 1. The van der Waals surface area contributed by atoms with E-state index in [9.17, 15) is 4.79 Å². The Hall–Kier alpha value is -1.94.